The predicted octanol–water partition coefficient (Wildman–Crippen LogP) is 1.68. The van der Waals surface area contributed by atoms with Crippen molar-refractivity contribution in [2.45, 2.75) is 26.8 Å². The number of halogens is 1. The summed E-state index contributed by atoms with van der Waals surface area (Å²) in [6.45, 7) is 5.92. The zero-order valence-electron chi connectivity index (χ0n) is 8.24. The summed E-state index contributed by atoms with van der Waals surface area (Å²) in [5.41, 5.74) is 0. The van der Waals surface area contributed by atoms with Gasteiger partial charge >= 0.3 is 0 Å². The molecule has 0 saturated heterocycles. The Balaban J connectivity index is 3.01. The molecular weight excluding hydrogens is 188 g/mol. The van der Waals surface area contributed by atoms with Crippen LogP contribution in [0.1, 0.15) is 19.7 Å². The molecule has 1 aromatic heterocycles. The van der Waals surface area contributed by atoms with Gasteiger partial charge in [0.25, 0.3) is 0 Å². The second-order valence-corrected chi connectivity index (χ2v) is 3.49. The van der Waals surface area contributed by atoms with Gasteiger partial charge in [0.1, 0.15) is 5.82 Å². The summed E-state index contributed by atoms with van der Waals surface area (Å²) in [5, 5.41) is 0.245. The Labute approximate surface area is 83.0 Å². The monoisotopic (exact) mass is 200 g/mol. The fourth-order valence-corrected chi connectivity index (χ4v) is 1.02. The van der Waals surface area contributed by atoms with Gasteiger partial charge < -0.3 is 4.90 Å². The molecule has 0 bridgehead atoms. The van der Waals surface area contributed by atoms with Crippen molar-refractivity contribution in [1.29, 1.82) is 0 Å². The maximum Gasteiger partial charge on any atom is 0.229 e. The standard InChI is InChI=1S/C8H13ClN4/c1-5(2)13(4)8-11-6(3)10-7(9)12-8/h5H,1-4H3. The number of aryl methyl sites for hydroxylation is 1. The average molecular weight is 201 g/mol. The molecule has 4 nitrogen and oxygen atoms in total. The highest BCUT2D eigenvalue weighted by Gasteiger charge is 2.09. The van der Waals surface area contributed by atoms with E-state index in [4.69, 9.17) is 11.6 Å². The van der Waals surface area contributed by atoms with Crippen LogP contribution in [0, 0.1) is 6.92 Å². The summed E-state index contributed by atoms with van der Waals surface area (Å²) in [6, 6.07) is 0.345. The molecule has 0 unspecified atom stereocenters. The molecule has 0 spiro atoms. The lowest BCUT2D eigenvalue weighted by Gasteiger charge is -2.21. The van der Waals surface area contributed by atoms with Crippen LogP contribution >= 0.6 is 11.6 Å². The summed E-state index contributed by atoms with van der Waals surface area (Å²) in [6.07, 6.45) is 0. The first-order valence-electron chi connectivity index (χ1n) is 4.11. The zero-order chi connectivity index (χ0) is 10.0. The molecule has 0 aliphatic heterocycles. The van der Waals surface area contributed by atoms with Gasteiger partial charge in [-0.3, -0.25) is 0 Å². The molecular formula is C8H13ClN4. The minimum absolute atomic E-state index is 0.245. The Morgan fingerprint density at radius 3 is 2.31 bits per heavy atom. The van der Waals surface area contributed by atoms with Gasteiger partial charge in [-0.25, -0.2) is 4.98 Å². The molecule has 0 N–H and O–H groups in total. The second kappa shape index (κ2) is 3.87. The van der Waals surface area contributed by atoms with Crippen LogP contribution in [0.4, 0.5) is 5.95 Å². The van der Waals surface area contributed by atoms with Crippen molar-refractivity contribution in [3.05, 3.63) is 11.1 Å². The van der Waals surface area contributed by atoms with Crippen LogP contribution in [0.2, 0.25) is 5.28 Å². The van der Waals surface area contributed by atoms with Crippen molar-refractivity contribution in [3.8, 4) is 0 Å². The highest BCUT2D eigenvalue weighted by molar-refractivity contribution is 6.28. The van der Waals surface area contributed by atoms with Crippen LogP contribution in [0.15, 0.2) is 0 Å². The normalized spacial score (nSPS) is 10.6. The van der Waals surface area contributed by atoms with E-state index in [-0.39, 0.29) is 5.28 Å². The molecule has 1 aromatic rings. The highest BCUT2D eigenvalue weighted by Crippen LogP contribution is 2.11. The van der Waals surface area contributed by atoms with Crippen LogP contribution < -0.4 is 4.90 Å². The van der Waals surface area contributed by atoms with Crippen LogP contribution in [-0.4, -0.2) is 28.0 Å². The minimum atomic E-state index is 0.245. The van der Waals surface area contributed by atoms with E-state index in [0.717, 1.165) is 0 Å². The van der Waals surface area contributed by atoms with Crippen molar-refractivity contribution in [2.24, 2.45) is 0 Å². The first-order valence-corrected chi connectivity index (χ1v) is 4.49. The lowest BCUT2D eigenvalue weighted by molar-refractivity contribution is 0.721. The Bertz CT molecular complexity index is 280. The van der Waals surface area contributed by atoms with Gasteiger partial charge in [-0.2, -0.15) is 9.97 Å². The lowest BCUT2D eigenvalue weighted by Crippen LogP contribution is -2.28. The third kappa shape index (κ3) is 2.52. The van der Waals surface area contributed by atoms with E-state index in [1.165, 1.54) is 0 Å². The van der Waals surface area contributed by atoms with Crippen molar-refractivity contribution in [2.75, 3.05) is 11.9 Å². The van der Waals surface area contributed by atoms with Gasteiger partial charge in [0.15, 0.2) is 0 Å². The number of anilines is 1. The number of nitrogens with zero attached hydrogens (tertiary/aromatic N) is 4. The number of hydrogen-bond donors (Lipinski definition) is 0. The Hall–Kier alpha value is -0.900. The predicted molar refractivity (Wildman–Crippen MR) is 53.1 cm³/mol. The quantitative estimate of drug-likeness (QED) is 0.729. The van der Waals surface area contributed by atoms with Gasteiger partial charge in [0.05, 0.1) is 0 Å². The topological polar surface area (TPSA) is 41.9 Å². The Kier molecular flexibility index (Phi) is 3.03. The van der Waals surface area contributed by atoms with Gasteiger partial charge in [0.2, 0.25) is 11.2 Å². The van der Waals surface area contributed by atoms with Crippen molar-refractivity contribution >= 4 is 17.5 Å². The van der Waals surface area contributed by atoms with E-state index in [9.17, 15) is 0 Å². The number of hydrogen-bond acceptors (Lipinski definition) is 4. The molecule has 72 valence electrons. The van der Waals surface area contributed by atoms with Gasteiger partial charge in [-0.1, -0.05) is 0 Å². The lowest BCUT2D eigenvalue weighted by atomic mass is 10.4. The molecule has 0 aromatic carbocycles. The van der Waals surface area contributed by atoms with Gasteiger partial charge in [0, 0.05) is 13.1 Å². The molecule has 5 heteroatoms. The second-order valence-electron chi connectivity index (χ2n) is 3.16. The SMILES string of the molecule is Cc1nc(Cl)nc(N(C)C(C)C)n1. The summed E-state index contributed by atoms with van der Waals surface area (Å²) in [7, 11) is 1.93. The smallest absolute Gasteiger partial charge is 0.229 e. The van der Waals surface area contributed by atoms with E-state index < -0.39 is 0 Å². The van der Waals surface area contributed by atoms with E-state index >= 15 is 0 Å². The third-order valence-electron chi connectivity index (χ3n) is 1.80. The third-order valence-corrected chi connectivity index (χ3v) is 1.97. The van der Waals surface area contributed by atoms with Crippen LogP contribution in [0.5, 0.6) is 0 Å². The average Bonchev–Trinajstić information content (AvgIpc) is 2.01. The van der Waals surface area contributed by atoms with Crippen molar-refractivity contribution in [1.82, 2.24) is 15.0 Å². The maximum atomic E-state index is 5.71. The highest BCUT2D eigenvalue weighted by atomic mass is 35.5. The molecule has 1 rings (SSSR count). The molecule has 0 aliphatic rings. The number of aromatic nitrogens is 3. The largest absolute Gasteiger partial charge is 0.341 e. The molecule has 1 heterocycles. The van der Waals surface area contributed by atoms with E-state index in [1.54, 1.807) is 6.92 Å². The van der Waals surface area contributed by atoms with Crippen molar-refractivity contribution < 1.29 is 0 Å². The Morgan fingerprint density at radius 1 is 1.23 bits per heavy atom. The van der Waals surface area contributed by atoms with Gasteiger partial charge in [-0.05, 0) is 32.4 Å². The molecule has 0 aliphatic carbocycles. The molecule has 0 saturated carbocycles. The molecule has 0 radical (unpaired) electrons. The molecule has 0 fully saturated rings. The van der Waals surface area contributed by atoms with Crippen molar-refractivity contribution in [3.63, 3.8) is 0 Å². The maximum absolute atomic E-state index is 5.71. The fourth-order valence-electron chi connectivity index (χ4n) is 0.824. The summed E-state index contributed by atoms with van der Waals surface area (Å²) < 4.78 is 0. The van der Waals surface area contributed by atoms with E-state index in [0.29, 0.717) is 17.8 Å². The molecule has 0 amide bonds. The van der Waals surface area contributed by atoms with Crippen LogP contribution in [0.3, 0.4) is 0 Å². The van der Waals surface area contributed by atoms with Crippen LogP contribution in [0.25, 0.3) is 0 Å². The first-order chi connectivity index (χ1) is 6.00. The number of rotatable bonds is 2. The Morgan fingerprint density at radius 2 is 1.85 bits per heavy atom. The summed E-state index contributed by atoms with van der Waals surface area (Å²) >= 11 is 5.71. The summed E-state index contributed by atoms with van der Waals surface area (Å²) in [5.74, 6) is 1.26. The summed E-state index contributed by atoms with van der Waals surface area (Å²) in [4.78, 5) is 14.0. The van der Waals surface area contributed by atoms with E-state index in [1.807, 2.05) is 11.9 Å². The van der Waals surface area contributed by atoms with E-state index in [2.05, 4.69) is 28.8 Å². The zero-order valence-corrected chi connectivity index (χ0v) is 9.00. The van der Waals surface area contributed by atoms with Gasteiger partial charge in [-0.15, -0.1) is 0 Å². The molecule has 13 heavy (non-hydrogen) atoms. The fraction of sp³-hybridized carbons (Fsp3) is 0.625. The molecule has 0 atom stereocenters. The minimum Gasteiger partial charge on any atom is -0.341 e. The first kappa shape index (κ1) is 10.2. The van der Waals surface area contributed by atoms with Crippen LogP contribution in [-0.2, 0) is 0 Å².